The molecule has 0 fully saturated rings. The zero-order chi connectivity index (χ0) is 10.9. The van der Waals surface area contributed by atoms with Crippen LogP contribution in [0.25, 0.3) is 0 Å². The van der Waals surface area contributed by atoms with E-state index in [-0.39, 0.29) is 18.1 Å². The molecular weight excluding hydrogens is 232 g/mol. The Kier molecular flexibility index (Phi) is 7.10. The van der Waals surface area contributed by atoms with Crippen LogP contribution in [-0.2, 0) is 18.2 Å². The molecule has 0 radical (unpaired) electrons. The predicted octanol–water partition coefficient (Wildman–Crippen LogP) is 0.947. The van der Waals surface area contributed by atoms with Crippen molar-refractivity contribution < 1.29 is 16.8 Å². The van der Waals surface area contributed by atoms with Gasteiger partial charge in [0.05, 0.1) is 18.1 Å². The van der Waals surface area contributed by atoms with Crippen molar-refractivity contribution in [2.45, 2.75) is 6.92 Å². The molecule has 80 valence electrons. The zero-order valence-corrected chi connectivity index (χ0v) is 9.84. The van der Waals surface area contributed by atoms with Crippen molar-refractivity contribution in [1.82, 2.24) is 0 Å². The summed E-state index contributed by atoms with van der Waals surface area (Å²) in [7, 11) is -3.03. The van der Waals surface area contributed by atoms with Crippen LogP contribution in [0.3, 0.4) is 0 Å². The Morgan fingerprint density at radius 1 is 1.54 bits per heavy atom. The molecule has 0 aliphatic carbocycles. The fourth-order valence-corrected chi connectivity index (χ4v) is 2.76. The van der Waals surface area contributed by atoms with Gasteiger partial charge in [-0.15, -0.1) is 0 Å². The fraction of sp³-hybridized carbons (Fsp3) is 1.00. The molecule has 0 aromatic heterocycles. The summed E-state index contributed by atoms with van der Waals surface area (Å²) in [6.45, 7) is 2.60. The van der Waals surface area contributed by atoms with Gasteiger partial charge in [0.1, 0.15) is 1.12 Å². The molecule has 0 saturated carbocycles. The van der Waals surface area contributed by atoms with Gasteiger partial charge >= 0.3 is 0 Å². The van der Waals surface area contributed by atoms with E-state index < -0.39 is 9.84 Å². The molecule has 13 heavy (non-hydrogen) atoms. The minimum Gasteiger partial charge on any atom is -0.381 e. The summed E-state index contributed by atoms with van der Waals surface area (Å²) in [6.07, 6.45) is 0. The molecule has 0 spiro atoms. The number of hydrogen-bond acceptors (Lipinski definition) is 6. The standard InChI is InChI=1S/C6H14O4S3/c1-2-9-3-5-13(7,8)6-4-12-10-11/h11H,2-6H2,1H3/i/hT. The third-order valence-corrected chi connectivity index (χ3v) is 3.90. The Labute approximate surface area is 90.2 Å². The molecule has 0 aromatic rings. The first-order valence-corrected chi connectivity index (χ1v) is 6.88. The van der Waals surface area contributed by atoms with Crippen LogP contribution in [0.1, 0.15) is 6.92 Å². The second kappa shape index (κ2) is 7.93. The quantitative estimate of drug-likeness (QED) is 0.374. The minimum atomic E-state index is -3.03. The minimum absolute atomic E-state index is 0.0510. The molecule has 4 nitrogen and oxygen atoms in total. The molecule has 0 unspecified atom stereocenters. The summed E-state index contributed by atoms with van der Waals surface area (Å²) in [6, 6.07) is 0. The molecule has 0 aliphatic rings. The molecule has 0 aromatic carbocycles. The van der Waals surface area contributed by atoms with Crippen molar-refractivity contribution in [3.8, 4) is 0 Å². The highest BCUT2D eigenvalue weighted by Crippen LogP contribution is 2.05. The van der Waals surface area contributed by atoms with E-state index in [1.807, 2.05) is 6.92 Å². The van der Waals surface area contributed by atoms with E-state index in [2.05, 4.69) is 3.63 Å². The van der Waals surface area contributed by atoms with Gasteiger partial charge in [-0.05, 0) is 19.7 Å². The van der Waals surface area contributed by atoms with Crippen molar-refractivity contribution in [1.29, 1.82) is 1.12 Å². The van der Waals surface area contributed by atoms with Crippen molar-refractivity contribution in [2.24, 2.45) is 0 Å². The third-order valence-electron chi connectivity index (χ3n) is 1.27. The van der Waals surface area contributed by atoms with Gasteiger partial charge in [-0.3, -0.25) is 3.63 Å². The highest BCUT2D eigenvalue weighted by atomic mass is 32.2. The number of sulfone groups is 1. The maximum absolute atomic E-state index is 11.3. The molecule has 0 rings (SSSR count). The highest BCUT2D eigenvalue weighted by molar-refractivity contribution is 8.02. The van der Waals surface area contributed by atoms with Crippen molar-refractivity contribution in [3.05, 3.63) is 0 Å². The van der Waals surface area contributed by atoms with Crippen molar-refractivity contribution in [2.75, 3.05) is 30.5 Å². The number of ether oxygens (including phenoxy) is 1. The third kappa shape index (κ3) is 8.89. The van der Waals surface area contributed by atoms with Gasteiger partial charge in [-0.25, -0.2) is 8.42 Å². The fourth-order valence-electron chi connectivity index (χ4n) is 0.627. The van der Waals surface area contributed by atoms with Gasteiger partial charge in [-0.2, -0.15) is 0 Å². The lowest BCUT2D eigenvalue weighted by atomic mass is 10.8. The van der Waals surface area contributed by atoms with Gasteiger partial charge in [0.2, 0.25) is 0 Å². The van der Waals surface area contributed by atoms with Crippen molar-refractivity contribution >= 4 is 34.7 Å². The smallest absolute Gasteiger partial charge is 0.153 e. The van der Waals surface area contributed by atoms with Crippen LogP contribution >= 0.6 is 24.9 Å². The van der Waals surface area contributed by atoms with E-state index in [4.69, 9.17) is 5.86 Å². The lowest BCUT2D eigenvalue weighted by Gasteiger charge is -2.02. The van der Waals surface area contributed by atoms with Crippen LogP contribution in [0.5, 0.6) is 0 Å². The molecule has 0 N–H and O–H groups in total. The van der Waals surface area contributed by atoms with E-state index in [0.29, 0.717) is 25.2 Å². The second-order valence-corrected chi connectivity index (χ2v) is 5.73. The maximum atomic E-state index is 11.3. The topological polar surface area (TPSA) is 52.6 Å². The van der Waals surface area contributed by atoms with Crippen LogP contribution in [-0.4, -0.2) is 40.0 Å². The summed E-state index contributed by atoms with van der Waals surface area (Å²) >= 11 is 1.44. The van der Waals surface area contributed by atoms with Gasteiger partial charge in [0.25, 0.3) is 0 Å². The van der Waals surface area contributed by atoms with Gasteiger partial charge < -0.3 is 4.74 Å². The summed E-state index contributed by atoms with van der Waals surface area (Å²) in [5.41, 5.74) is 0. The number of thiol groups is 1. The van der Waals surface area contributed by atoms with Crippen LogP contribution < -0.4 is 0 Å². The molecule has 0 heterocycles. The Bertz CT molecular complexity index is 219. The van der Waals surface area contributed by atoms with E-state index in [0.717, 1.165) is 12.0 Å². The predicted molar refractivity (Wildman–Crippen MR) is 57.7 cm³/mol. The number of hydrogen-bond donors (Lipinski definition) is 1. The first kappa shape index (κ1) is 11.6. The Morgan fingerprint density at radius 2 is 2.31 bits per heavy atom. The summed E-state index contributed by atoms with van der Waals surface area (Å²) in [5.74, 6) is 0.459. The average Bonchev–Trinajstić information content (AvgIpc) is 2.13. The number of rotatable bonds is 9. The zero-order valence-electron chi connectivity index (χ0n) is 8.39. The van der Waals surface area contributed by atoms with Crippen LogP contribution in [0.2, 0.25) is 0 Å². The van der Waals surface area contributed by atoms with Crippen LogP contribution in [0.4, 0.5) is 0 Å². The molecule has 0 atom stereocenters. The summed E-state index contributed by atoms with van der Waals surface area (Å²) in [4.78, 5) is 0. The lowest BCUT2D eigenvalue weighted by molar-refractivity contribution is 0.163. The summed E-state index contributed by atoms with van der Waals surface area (Å²) < 4.78 is 38.6. The first-order valence-electron chi connectivity index (χ1n) is 4.23. The normalized spacial score (nSPS) is 12.8. The summed E-state index contributed by atoms with van der Waals surface area (Å²) in [5, 5.41) is 0. The monoisotopic (exact) mass is 248 g/mol. The average molecular weight is 248 g/mol. The molecular formula is C6H14O4S3. The second-order valence-electron chi connectivity index (χ2n) is 2.24. The van der Waals surface area contributed by atoms with E-state index >= 15 is 0 Å². The van der Waals surface area contributed by atoms with Crippen molar-refractivity contribution in [3.63, 3.8) is 0 Å². The van der Waals surface area contributed by atoms with Crippen LogP contribution in [0, 0.1) is 0 Å². The largest absolute Gasteiger partial charge is 0.381 e. The molecule has 7 heteroatoms. The highest BCUT2D eigenvalue weighted by Gasteiger charge is 2.10. The van der Waals surface area contributed by atoms with Gasteiger partial charge in [0, 0.05) is 24.4 Å². The van der Waals surface area contributed by atoms with E-state index in [9.17, 15) is 8.42 Å². The van der Waals surface area contributed by atoms with Crippen LogP contribution in [0.15, 0.2) is 0 Å². The molecule has 0 amide bonds. The van der Waals surface area contributed by atoms with Gasteiger partial charge in [-0.1, -0.05) is 0 Å². The Balaban J connectivity index is 3.52. The van der Waals surface area contributed by atoms with E-state index in [1.165, 1.54) is 0 Å². The van der Waals surface area contributed by atoms with E-state index in [1.54, 1.807) is 0 Å². The SMILES string of the molecule is [3H]SOSCCS(=O)(=O)CCOCC. The van der Waals surface area contributed by atoms with Gasteiger partial charge in [0.15, 0.2) is 9.84 Å². The molecule has 0 aliphatic heterocycles. The Morgan fingerprint density at radius 3 is 2.92 bits per heavy atom. The Hall–Kier alpha value is 0.570. The lowest BCUT2D eigenvalue weighted by Crippen LogP contribution is -2.16. The maximum Gasteiger partial charge on any atom is 0.153 e. The molecule has 0 bridgehead atoms. The first-order chi connectivity index (χ1) is 6.62. The molecule has 0 saturated heterocycles.